The van der Waals surface area contributed by atoms with Gasteiger partial charge in [-0.05, 0) is 29.7 Å². The molecule has 0 unspecified atom stereocenters. The summed E-state index contributed by atoms with van der Waals surface area (Å²) in [6.45, 7) is 1.80. The predicted octanol–water partition coefficient (Wildman–Crippen LogP) is 3.15. The first-order valence-electron chi connectivity index (χ1n) is 4.69. The zero-order valence-electron chi connectivity index (χ0n) is 8.64. The van der Waals surface area contributed by atoms with Gasteiger partial charge in [-0.15, -0.1) is 0 Å². The number of benzene rings is 1. The molecule has 5 heteroatoms. The molecule has 0 aliphatic heterocycles. The van der Waals surface area contributed by atoms with Crippen LogP contribution in [0.2, 0.25) is 0 Å². The lowest BCUT2D eigenvalue weighted by atomic mass is 10.1. The molecule has 0 N–H and O–H groups in total. The van der Waals surface area contributed by atoms with Gasteiger partial charge >= 0.3 is 0 Å². The lowest BCUT2D eigenvalue weighted by Crippen LogP contribution is -1.92. The number of allylic oxidation sites excluding steroid dienone is 1. The average molecular weight is 240 g/mol. The Bertz CT molecular complexity index is 454. The van der Waals surface area contributed by atoms with Crippen LogP contribution in [0.4, 0.5) is 5.69 Å². The highest BCUT2D eigenvalue weighted by molar-refractivity contribution is 6.68. The van der Waals surface area contributed by atoms with Gasteiger partial charge in [-0.25, -0.2) is 0 Å². The third-order valence-corrected chi connectivity index (χ3v) is 2.30. The molecule has 0 aliphatic carbocycles. The number of carbonyl (C=O) groups excluding carboxylic acids is 1. The van der Waals surface area contributed by atoms with Crippen molar-refractivity contribution in [3.05, 3.63) is 45.5 Å². The van der Waals surface area contributed by atoms with Crippen molar-refractivity contribution in [1.29, 1.82) is 0 Å². The highest BCUT2D eigenvalue weighted by Crippen LogP contribution is 2.17. The molecule has 1 aromatic rings. The van der Waals surface area contributed by atoms with Crippen molar-refractivity contribution in [3.63, 3.8) is 0 Å². The summed E-state index contributed by atoms with van der Waals surface area (Å²) in [7, 11) is 0. The van der Waals surface area contributed by atoms with Gasteiger partial charge in [0.15, 0.2) is 0 Å². The summed E-state index contributed by atoms with van der Waals surface area (Å²) in [5.41, 5.74) is 1.02. The fourth-order valence-corrected chi connectivity index (χ4v) is 1.42. The molecule has 0 aliphatic rings. The molecule has 0 aromatic heterocycles. The highest BCUT2D eigenvalue weighted by atomic mass is 35.5. The van der Waals surface area contributed by atoms with Crippen LogP contribution in [0, 0.1) is 10.1 Å². The van der Waals surface area contributed by atoms with Gasteiger partial charge in [-0.1, -0.05) is 19.1 Å². The molecule has 84 valence electrons. The van der Waals surface area contributed by atoms with E-state index < -0.39 is 10.2 Å². The zero-order chi connectivity index (χ0) is 12.1. The smallest absolute Gasteiger partial charge is 0.270 e. The first-order chi connectivity index (χ1) is 7.54. The highest BCUT2D eigenvalue weighted by Gasteiger charge is 2.07. The number of non-ortho nitro benzene ring substituents is 1. The third-order valence-electron chi connectivity index (χ3n) is 2.06. The topological polar surface area (TPSA) is 60.2 Å². The van der Waals surface area contributed by atoms with Crippen molar-refractivity contribution in [2.75, 3.05) is 0 Å². The van der Waals surface area contributed by atoms with Crippen LogP contribution < -0.4 is 0 Å². The second-order valence-corrected chi connectivity index (χ2v) is 3.49. The minimum absolute atomic E-state index is 0.00813. The lowest BCUT2D eigenvalue weighted by Gasteiger charge is -1.98. The Kier molecular flexibility index (Phi) is 4.19. The van der Waals surface area contributed by atoms with Gasteiger partial charge < -0.3 is 0 Å². The minimum atomic E-state index is -0.533. The van der Waals surface area contributed by atoms with Crippen molar-refractivity contribution in [3.8, 4) is 0 Å². The minimum Gasteiger partial charge on any atom is -0.276 e. The summed E-state index contributed by atoms with van der Waals surface area (Å²) >= 11 is 5.36. The normalized spacial score (nSPS) is 11.2. The zero-order valence-corrected chi connectivity index (χ0v) is 9.40. The van der Waals surface area contributed by atoms with E-state index in [9.17, 15) is 14.9 Å². The molecule has 0 fully saturated rings. The van der Waals surface area contributed by atoms with Crippen LogP contribution in [0.1, 0.15) is 18.9 Å². The van der Waals surface area contributed by atoms with E-state index in [1.165, 1.54) is 12.1 Å². The average Bonchev–Trinajstić information content (AvgIpc) is 2.25. The number of hydrogen-bond acceptors (Lipinski definition) is 3. The van der Waals surface area contributed by atoms with Gasteiger partial charge in [0.25, 0.3) is 5.69 Å². The Morgan fingerprint density at radius 2 is 2.25 bits per heavy atom. The summed E-state index contributed by atoms with van der Waals surface area (Å²) in [5.74, 6) is 0. The number of nitro benzene ring substituents is 1. The van der Waals surface area contributed by atoms with E-state index in [1.807, 2.05) is 0 Å². The SMILES string of the molecule is CC/C(=C\c1cccc([N+](=O)[O-])c1)C(=O)Cl. The van der Waals surface area contributed by atoms with Crippen LogP contribution >= 0.6 is 11.6 Å². The quantitative estimate of drug-likeness (QED) is 0.351. The number of nitro groups is 1. The molecule has 0 radical (unpaired) electrons. The Labute approximate surface area is 97.7 Å². The van der Waals surface area contributed by atoms with Crippen LogP contribution in [0.25, 0.3) is 6.08 Å². The molecule has 0 heterocycles. The second kappa shape index (κ2) is 5.42. The van der Waals surface area contributed by atoms with E-state index in [1.54, 1.807) is 25.1 Å². The first kappa shape index (κ1) is 12.4. The number of rotatable bonds is 4. The van der Waals surface area contributed by atoms with Crippen molar-refractivity contribution in [2.24, 2.45) is 0 Å². The Balaban J connectivity index is 3.09. The summed E-state index contributed by atoms with van der Waals surface area (Å²) in [6.07, 6.45) is 2.05. The van der Waals surface area contributed by atoms with Crippen molar-refractivity contribution < 1.29 is 9.72 Å². The number of carbonyl (C=O) groups is 1. The summed E-state index contributed by atoms with van der Waals surface area (Å²) < 4.78 is 0. The molecule has 0 spiro atoms. The molecule has 0 amide bonds. The fourth-order valence-electron chi connectivity index (χ4n) is 1.23. The van der Waals surface area contributed by atoms with Gasteiger partial charge in [0.2, 0.25) is 5.24 Å². The van der Waals surface area contributed by atoms with Gasteiger partial charge in [-0.3, -0.25) is 14.9 Å². The van der Waals surface area contributed by atoms with Crippen LogP contribution in [-0.2, 0) is 4.79 Å². The molecule has 0 saturated carbocycles. The standard InChI is InChI=1S/C11H10ClNO3/c1-2-9(11(12)14)6-8-4-3-5-10(7-8)13(15)16/h3-7H,2H2,1H3/b9-6+. The summed E-state index contributed by atoms with van der Waals surface area (Å²) in [6, 6.07) is 6.04. The predicted molar refractivity (Wildman–Crippen MR) is 62.2 cm³/mol. The summed E-state index contributed by atoms with van der Waals surface area (Å²) in [4.78, 5) is 21.0. The molecule has 0 bridgehead atoms. The molecular weight excluding hydrogens is 230 g/mol. The van der Waals surface area contributed by atoms with Gasteiger partial charge in [0.05, 0.1) is 4.92 Å². The molecular formula is C11H10ClNO3. The van der Waals surface area contributed by atoms with E-state index in [4.69, 9.17) is 11.6 Å². The largest absolute Gasteiger partial charge is 0.276 e. The van der Waals surface area contributed by atoms with Crippen molar-refractivity contribution >= 4 is 28.6 Å². The van der Waals surface area contributed by atoms with E-state index in [2.05, 4.69) is 0 Å². The molecule has 0 atom stereocenters. The van der Waals surface area contributed by atoms with Crippen LogP contribution in [0.3, 0.4) is 0 Å². The molecule has 1 rings (SSSR count). The fraction of sp³-hybridized carbons (Fsp3) is 0.182. The Hall–Kier alpha value is -1.68. The van der Waals surface area contributed by atoms with Crippen LogP contribution in [0.5, 0.6) is 0 Å². The van der Waals surface area contributed by atoms with Crippen LogP contribution in [0.15, 0.2) is 29.8 Å². The second-order valence-electron chi connectivity index (χ2n) is 3.15. The lowest BCUT2D eigenvalue weighted by molar-refractivity contribution is -0.384. The van der Waals surface area contributed by atoms with E-state index in [0.717, 1.165) is 0 Å². The molecule has 4 nitrogen and oxygen atoms in total. The van der Waals surface area contributed by atoms with E-state index >= 15 is 0 Å². The maximum absolute atomic E-state index is 11.0. The van der Waals surface area contributed by atoms with Crippen LogP contribution in [-0.4, -0.2) is 10.2 Å². The third kappa shape index (κ3) is 3.17. The molecule has 0 saturated heterocycles. The Morgan fingerprint density at radius 1 is 1.56 bits per heavy atom. The van der Waals surface area contributed by atoms with Gasteiger partial charge in [-0.2, -0.15) is 0 Å². The first-order valence-corrected chi connectivity index (χ1v) is 5.07. The molecule has 1 aromatic carbocycles. The van der Waals surface area contributed by atoms with E-state index in [0.29, 0.717) is 17.6 Å². The van der Waals surface area contributed by atoms with Gasteiger partial charge in [0, 0.05) is 17.7 Å². The maximum atomic E-state index is 11.0. The number of nitrogens with zero attached hydrogens (tertiary/aromatic N) is 1. The molecule has 16 heavy (non-hydrogen) atoms. The van der Waals surface area contributed by atoms with E-state index in [-0.39, 0.29) is 5.69 Å². The maximum Gasteiger partial charge on any atom is 0.270 e. The van der Waals surface area contributed by atoms with Gasteiger partial charge in [0.1, 0.15) is 0 Å². The number of hydrogen-bond donors (Lipinski definition) is 0. The summed E-state index contributed by atoms with van der Waals surface area (Å²) in [5, 5.41) is 10.0. The van der Waals surface area contributed by atoms with Crippen molar-refractivity contribution in [2.45, 2.75) is 13.3 Å². The van der Waals surface area contributed by atoms with Crippen molar-refractivity contribution in [1.82, 2.24) is 0 Å². The number of halogens is 1. The monoisotopic (exact) mass is 239 g/mol. The Morgan fingerprint density at radius 3 is 2.75 bits per heavy atom.